The number of hydrogen-bond acceptors (Lipinski definition) is 4. The van der Waals surface area contributed by atoms with Gasteiger partial charge in [-0.05, 0) is 36.8 Å². The van der Waals surface area contributed by atoms with Crippen molar-refractivity contribution in [2.45, 2.75) is 26.1 Å². The van der Waals surface area contributed by atoms with E-state index >= 15 is 0 Å². The number of rotatable bonds is 5. The van der Waals surface area contributed by atoms with Crippen LogP contribution in [-0.2, 0) is 13.0 Å². The summed E-state index contributed by atoms with van der Waals surface area (Å²) in [5.74, 6) is 1.35. The minimum Gasteiger partial charge on any atom is -0.489 e. The molecule has 0 radical (unpaired) electrons. The Bertz CT molecular complexity index is 1140. The number of benzene rings is 2. The maximum Gasteiger partial charge on any atom is 0.394 e. The zero-order valence-corrected chi connectivity index (χ0v) is 15.5. The maximum absolute atomic E-state index is 12.7. The summed E-state index contributed by atoms with van der Waals surface area (Å²) in [4.78, 5) is 8.27. The molecule has 2 aromatic carbocycles. The van der Waals surface area contributed by atoms with Crippen LogP contribution in [0.15, 0.2) is 65.2 Å². The van der Waals surface area contributed by atoms with E-state index in [9.17, 15) is 13.2 Å². The number of fused-ring (bicyclic) bond motifs is 1. The van der Waals surface area contributed by atoms with E-state index < -0.39 is 12.6 Å². The van der Waals surface area contributed by atoms with Crippen LogP contribution in [0.1, 0.15) is 17.0 Å². The van der Waals surface area contributed by atoms with Gasteiger partial charge in [0.05, 0.1) is 17.7 Å². The normalized spacial score (nSPS) is 11.7. The van der Waals surface area contributed by atoms with Crippen LogP contribution in [0.5, 0.6) is 5.75 Å². The molecule has 0 unspecified atom stereocenters. The lowest BCUT2D eigenvalue weighted by Crippen LogP contribution is -2.13. The van der Waals surface area contributed by atoms with E-state index in [1.54, 1.807) is 25.1 Å². The number of furan rings is 1. The minimum atomic E-state index is -4.34. The summed E-state index contributed by atoms with van der Waals surface area (Å²) in [5.41, 5.74) is 2.09. The molecule has 0 spiro atoms. The SMILES string of the molecule is Cc1oc2ccc(OCc3ccccc3)cc2c1-c1nccc(CC(F)(F)F)n1. The first-order valence-corrected chi connectivity index (χ1v) is 8.98. The molecular formula is C22H17F3N2O2. The van der Waals surface area contributed by atoms with E-state index in [1.807, 2.05) is 30.3 Å². The maximum atomic E-state index is 12.7. The van der Waals surface area contributed by atoms with E-state index in [4.69, 9.17) is 9.15 Å². The van der Waals surface area contributed by atoms with Crippen LogP contribution in [0.3, 0.4) is 0 Å². The van der Waals surface area contributed by atoms with Crippen molar-refractivity contribution in [3.8, 4) is 17.1 Å². The molecule has 0 fully saturated rings. The first-order valence-electron chi connectivity index (χ1n) is 8.98. The van der Waals surface area contributed by atoms with Gasteiger partial charge in [0.25, 0.3) is 0 Å². The molecule has 7 heteroatoms. The molecule has 29 heavy (non-hydrogen) atoms. The third-order valence-corrected chi connectivity index (χ3v) is 4.40. The van der Waals surface area contributed by atoms with Gasteiger partial charge in [-0.25, -0.2) is 9.97 Å². The van der Waals surface area contributed by atoms with Crippen LogP contribution in [-0.4, -0.2) is 16.1 Å². The summed E-state index contributed by atoms with van der Waals surface area (Å²) in [6.07, 6.45) is -4.11. The summed E-state index contributed by atoms with van der Waals surface area (Å²) >= 11 is 0. The molecule has 148 valence electrons. The molecule has 0 aliphatic heterocycles. The Morgan fingerprint density at radius 3 is 2.59 bits per heavy atom. The van der Waals surface area contributed by atoms with Gasteiger partial charge < -0.3 is 9.15 Å². The van der Waals surface area contributed by atoms with Crippen molar-refractivity contribution in [2.75, 3.05) is 0 Å². The third-order valence-electron chi connectivity index (χ3n) is 4.40. The molecule has 0 atom stereocenters. The second-order valence-electron chi connectivity index (χ2n) is 6.63. The Labute approximate surface area is 165 Å². The molecule has 0 aliphatic rings. The fraction of sp³-hybridized carbons (Fsp3) is 0.182. The van der Waals surface area contributed by atoms with Gasteiger partial charge in [0.2, 0.25) is 0 Å². The quantitative estimate of drug-likeness (QED) is 0.421. The monoisotopic (exact) mass is 398 g/mol. The lowest BCUT2D eigenvalue weighted by atomic mass is 10.1. The number of aryl methyl sites for hydroxylation is 1. The van der Waals surface area contributed by atoms with Crippen LogP contribution in [0.4, 0.5) is 13.2 Å². The second-order valence-corrected chi connectivity index (χ2v) is 6.63. The van der Waals surface area contributed by atoms with Crippen LogP contribution < -0.4 is 4.74 Å². The Balaban J connectivity index is 1.67. The molecular weight excluding hydrogens is 381 g/mol. The standard InChI is InChI=1S/C22H17F3N2O2/c1-14-20(21-26-10-9-16(27-21)12-22(23,24)25)18-11-17(7-8-19(18)29-14)28-13-15-5-3-2-4-6-15/h2-11H,12-13H2,1H3. The summed E-state index contributed by atoms with van der Waals surface area (Å²) in [5, 5.41) is 0.692. The minimum absolute atomic E-state index is 0.0901. The van der Waals surface area contributed by atoms with E-state index in [0.29, 0.717) is 34.6 Å². The topological polar surface area (TPSA) is 48.2 Å². The van der Waals surface area contributed by atoms with Gasteiger partial charge in [-0.1, -0.05) is 30.3 Å². The van der Waals surface area contributed by atoms with E-state index in [2.05, 4.69) is 9.97 Å². The van der Waals surface area contributed by atoms with Crippen LogP contribution in [0, 0.1) is 6.92 Å². The molecule has 0 saturated heterocycles. The highest BCUT2D eigenvalue weighted by Crippen LogP contribution is 2.35. The number of nitrogens with zero attached hydrogens (tertiary/aromatic N) is 2. The number of ether oxygens (including phenoxy) is 1. The fourth-order valence-electron chi connectivity index (χ4n) is 3.13. The third kappa shape index (κ3) is 4.39. The molecule has 4 rings (SSSR count). The summed E-state index contributed by atoms with van der Waals surface area (Å²) in [7, 11) is 0. The predicted octanol–water partition coefficient (Wildman–Crippen LogP) is 5.88. The van der Waals surface area contributed by atoms with Gasteiger partial charge in [-0.15, -0.1) is 0 Å². The Morgan fingerprint density at radius 2 is 1.83 bits per heavy atom. The first kappa shape index (κ1) is 19.0. The number of aromatic nitrogens is 2. The van der Waals surface area contributed by atoms with E-state index in [-0.39, 0.29) is 11.5 Å². The lowest BCUT2D eigenvalue weighted by molar-refractivity contribution is -0.127. The van der Waals surface area contributed by atoms with Crippen molar-refractivity contribution in [3.05, 3.63) is 77.8 Å². The molecule has 2 heterocycles. The summed E-state index contributed by atoms with van der Waals surface area (Å²) in [6.45, 7) is 2.13. The molecule has 0 amide bonds. The smallest absolute Gasteiger partial charge is 0.394 e. The van der Waals surface area contributed by atoms with E-state index in [0.717, 1.165) is 5.56 Å². The average molecular weight is 398 g/mol. The molecule has 4 nitrogen and oxygen atoms in total. The van der Waals surface area contributed by atoms with Gasteiger partial charge in [-0.3, -0.25) is 0 Å². The largest absolute Gasteiger partial charge is 0.489 e. The first-order chi connectivity index (χ1) is 13.9. The van der Waals surface area contributed by atoms with Crippen molar-refractivity contribution < 1.29 is 22.3 Å². The molecule has 0 N–H and O–H groups in total. The van der Waals surface area contributed by atoms with Crippen molar-refractivity contribution in [2.24, 2.45) is 0 Å². The molecule has 2 aromatic heterocycles. The Kier molecular flexibility index (Phi) is 4.96. The highest BCUT2D eigenvalue weighted by Gasteiger charge is 2.29. The molecule has 0 bridgehead atoms. The number of halogens is 3. The van der Waals surface area contributed by atoms with Gasteiger partial charge >= 0.3 is 6.18 Å². The average Bonchev–Trinajstić information content (AvgIpc) is 3.01. The lowest BCUT2D eigenvalue weighted by Gasteiger charge is -2.08. The zero-order valence-electron chi connectivity index (χ0n) is 15.5. The van der Waals surface area contributed by atoms with E-state index in [1.165, 1.54) is 12.3 Å². The van der Waals surface area contributed by atoms with Crippen LogP contribution in [0.2, 0.25) is 0 Å². The van der Waals surface area contributed by atoms with Gasteiger partial charge in [0.1, 0.15) is 23.7 Å². The zero-order chi connectivity index (χ0) is 20.4. The highest BCUT2D eigenvalue weighted by atomic mass is 19.4. The molecule has 0 saturated carbocycles. The molecule has 0 aliphatic carbocycles. The van der Waals surface area contributed by atoms with Crippen LogP contribution >= 0.6 is 0 Å². The summed E-state index contributed by atoms with van der Waals surface area (Å²) in [6, 6.07) is 16.4. The fourth-order valence-corrected chi connectivity index (χ4v) is 3.13. The van der Waals surface area contributed by atoms with Gasteiger partial charge in [0.15, 0.2) is 5.82 Å². The molecule has 4 aromatic rings. The predicted molar refractivity (Wildman–Crippen MR) is 103 cm³/mol. The Morgan fingerprint density at radius 1 is 1.03 bits per heavy atom. The summed E-state index contributed by atoms with van der Waals surface area (Å²) < 4.78 is 49.8. The van der Waals surface area contributed by atoms with Crippen LogP contribution in [0.25, 0.3) is 22.4 Å². The van der Waals surface area contributed by atoms with Crippen molar-refractivity contribution in [3.63, 3.8) is 0 Å². The van der Waals surface area contributed by atoms with Gasteiger partial charge in [0, 0.05) is 11.6 Å². The number of alkyl halides is 3. The van der Waals surface area contributed by atoms with Gasteiger partial charge in [-0.2, -0.15) is 13.2 Å². The highest BCUT2D eigenvalue weighted by molar-refractivity contribution is 5.94. The number of hydrogen-bond donors (Lipinski definition) is 0. The Hall–Kier alpha value is -3.35. The van der Waals surface area contributed by atoms with Crippen molar-refractivity contribution >= 4 is 11.0 Å². The second kappa shape index (κ2) is 7.58. The van der Waals surface area contributed by atoms with Crippen molar-refractivity contribution in [1.82, 2.24) is 9.97 Å². The van der Waals surface area contributed by atoms with Crippen molar-refractivity contribution in [1.29, 1.82) is 0 Å².